The Morgan fingerprint density at radius 3 is 2.22 bits per heavy atom. The number of piperazine rings is 1. The maximum atomic E-state index is 13.2. The van der Waals surface area contributed by atoms with Gasteiger partial charge in [-0.3, -0.25) is 9.69 Å². The van der Waals surface area contributed by atoms with Gasteiger partial charge in [0.1, 0.15) is 0 Å². The van der Waals surface area contributed by atoms with Crippen molar-refractivity contribution in [3.8, 4) is 0 Å². The fraction of sp³-hybridized carbons (Fsp3) is 0.387. The third-order valence-electron chi connectivity index (χ3n) is 6.92. The summed E-state index contributed by atoms with van der Waals surface area (Å²) >= 11 is 0. The average Bonchev–Trinajstić information content (AvgIpc) is 2.93. The van der Waals surface area contributed by atoms with E-state index in [0.717, 1.165) is 76.4 Å². The molecule has 0 spiro atoms. The van der Waals surface area contributed by atoms with E-state index in [1.807, 2.05) is 65.6 Å². The molecule has 1 saturated heterocycles. The van der Waals surface area contributed by atoms with Gasteiger partial charge >= 0.3 is 0 Å². The van der Waals surface area contributed by atoms with E-state index in [2.05, 4.69) is 34.1 Å². The highest BCUT2D eigenvalue weighted by atomic mass is 16.5. The highest BCUT2D eigenvalue weighted by molar-refractivity contribution is 5.94. The Kier molecular flexibility index (Phi) is 9.95. The Morgan fingerprint density at radius 1 is 0.833 bits per heavy atom. The number of aryl methyl sites for hydroxylation is 1. The SMILES string of the molecule is COCCCc1ccccc1N1CCN(CCCN(C(=O)Cc2ccccc2)c2ccccc2)CC1. The van der Waals surface area contributed by atoms with Crippen molar-refractivity contribution in [3.63, 3.8) is 0 Å². The first kappa shape index (κ1) is 25.9. The molecule has 0 radical (unpaired) electrons. The third-order valence-corrected chi connectivity index (χ3v) is 6.92. The minimum absolute atomic E-state index is 0.155. The number of carbonyl (C=O) groups excluding carboxylic acids is 1. The summed E-state index contributed by atoms with van der Waals surface area (Å²) in [5, 5.41) is 0. The summed E-state index contributed by atoms with van der Waals surface area (Å²) in [6, 6.07) is 28.9. The summed E-state index contributed by atoms with van der Waals surface area (Å²) in [6.07, 6.45) is 3.49. The lowest BCUT2D eigenvalue weighted by molar-refractivity contribution is -0.118. The van der Waals surface area contributed by atoms with E-state index in [0.29, 0.717) is 6.42 Å². The number of hydrogen-bond acceptors (Lipinski definition) is 4. The van der Waals surface area contributed by atoms with Gasteiger partial charge in [0.15, 0.2) is 0 Å². The Bertz CT molecular complexity index is 1050. The smallest absolute Gasteiger partial charge is 0.231 e. The van der Waals surface area contributed by atoms with Crippen molar-refractivity contribution < 1.29 is 9.53 Å². The number of benzene rings is 3. The first-order valence-electron chi connectivity index (χ1n) is 13.2. The van der Waals surface area contributed by atoms with Gasteiger partial charge in [-0.25, -0.2) is 0 Å². The molecule has 5 heteroatoms. The quantitative estimate of drug-likeness (QED) is 0.336. The highest BCUT2D eigenvalue weighted by Gasteiger charge is 2.20. The van der Waals surface area contributed by atoms with E-state index < -0.39 is 0 Å². The minimum atomic E-state index is 0.155. The number of rotatable bonds is 12. The fourth-order valence-corrected chi connectivity index (χ4v) is 4.97. The standard InChI is InChI=1S/C31H39N3O2/c1-36-25-10-15-28-14-8-9-18-30(28)33-23-21-32(22-24-33)19-11-20-34(29-16-6-3-7-17-29)31(35)26-27-12-4-2-5-13-27/h2-9,12-14,16-18H,10-11,15,19-26H2,1H3. The highest BCUT2D eigenvalue weighted by Crippen LogP contribution is 2.23. The zero-order chi connectivity index (χ0) is 25.0. The largest absolute Gasteiger partial charge is 0.385 e. The van der Waals surface area contributed by atoms with E-state index in [9.17, 15) is 4.79 Å². The Morgan fingerprint density at radius 2 is 1.50 bits per heavy atom. The molecule has 1 aliphatic heterocycles. The van der Waals surface area contributed by atoms with Crippen LogP contribution < -0.4 is 9.80 Å². The molecule has 0 aromatic heterocycles. The summed E-state index contributed by atoms with van der Waals surface area (Å²) in [4.78, 5) is 20.2. The molecule has 0 N–H and O–H groups in total. The molecular weight excluding hydrogens is 446 g/mol. The fourth-order valence-electron chi connectivity index (χ4n) is 4.97. The van der Waals surface area contributed by atoms with Crippen LogP contribution in [-0.2, 0) is 22.4 Å². The Balaban J connectivity index is 1.29. The predicted octanol–water partition coefficient (Wildman–Crippen LogP) is 5.05. The minimum Gasteiger partial charge on any atom is -0.385 e. The van der Waals surface area contributed by atoms with Crippen LogP contribution in [0.4, 0.5) is 11.4 Å². The van der Waals surface area contributed by atoms with Gasteiger partial charge in [0.05, 0.1) is 6.42 Å². The Hall–Kier alpha value is -3.15. The van der Waals surface area contributed by atoms with E-state index in [1.165, 1.54) is 11.3 Å². The molecular formula is C31H39N3O2. The molecule has 0 saturated carbocycles. The van der Waals surface area contributed by atoms with Gasteiger partial charge in [0.25, 0.3) is 0 Å². The van der Waals surface area contributed by atoms with Crippen LogP contribution in [0.2, 0.25) is 0 Å². The van der Waals surface area contributed by atoms with E-state index >= 15 is 0 Å². The van der Waals surface area contributed by atoms with Crippen LogP contribution >= 0.6 is 0 Å². The average molecular weight is 486 g/mol. The van der Waals surface area contributed by atoms with Crippen molar-refractivity contribution in [1.82, 2.24) is 4.90 Å². The Labute approximate surface area is 216 Å². The maximum Gasteiger partial charge on any atom is 0.231 e. The molecule has 5 nitrogen and oxygen atoms in total. The van der Waals surface area contributed by atoms with Gasteiger partial charge in [0, 0.05) is 57.8 Å². The number of carbonyl (C=O) groups is 1. The first-order chi connectivity index (χ1) is 17.7. The summed E-state index contributed by atoms with van der Waals surface area (Å²) in [5.41, 5.74) is 4.82. The van der Waals surface area contributed by atoms with E-state index in [4.69, 9.17) is 4.74 Å². The lowest BCUT2D eigenvalue weighted by atomic mass is 10.1. The summed E-state index contributed by atoms with van der Waals surface area (Å²) in [7, 11) is 1.77. The molecule has 0 unspecified atom stereocenters. The van der Waals surface area contributed by atoms with Crippen LogP contribution in [0.15, 0.2) is 84.9 Å². The second kappa shape index (κ2) is 13.8. The molecule has 0 aliphatic carbocycles. The van der Waals surface area contributed by atoms with Crippen molar-refractivity contribution >= 4 is 17.3 Å². The normalized spacial score (nSPS) is 14.1. The number of methoxy groups -OCH3 is 1. The van der Waals surface area contributed by atoms with E-state index in [-0.39, 0.29) is 5.91 Å². The van der Waals surface area contributed by atoms with Crippen molar-refractivity contribution in [3.05, 3.63) is 96.1 Å². The van der Waals surface area contributed by atoms with Gasteiger partial charge < -0.3 is 14.5 Å². The number of ether oxygens (including phenoxy) is 1. The van der Waals surface area contributed by atoms with Crippen molar-refractivity contribution in [1.29, 1.82) is 0 Å². The second-order valence-electron chi connectivity index (χ2n) is 9.45. The topological polar surface area (TPSA) is 36.0 Å². The lowest BCUT2D eigenvalue weighted by Gasteiger charge is -2.37. The summed E-state index contributed by atoms with van der Waals surface area (Å²) in [5.74, 6) is 0.155. The molecule has 0 bridgehead atoms. The molecule has 36 heavy (non-hydrogen) atoms. The molecule has 0 atom stereocenters. The van der Waals surface area contributed by atoms with Crippen molar-refractivity contribution in [2.75, 3.05) is 62.8 Å². The zero-order valence-corrected chi connectivity index (χ0v) is 21.5. The zero-order valence-electron chi connectivity index (χ0n) is 21.5. The molecule has 3 aromatic carbocycles. The van der Waals surface area contributed by atoms with Crippen molar-refractivity contribution in [2.24, 2.45) is 0 Å². The van der Waals surface area contributed by atoms with Gasteiger partial charge in [0.2, 0.25) is 5.91 Å². The molecule has 3 aromatic rings. The van der Waals surface area contributed by atoms with Crippen LogP contribution in [-0.4, -0.2) is 63.8 Å². The lowest BCUT2D eigenvalue weighted by Crippen LogP contribution is -2.47. The van der Waals surface area contributed by atoms with Gasteiger partial charge in [-0.1, -0.05) is 66.7 Å². The number of anilines is 2. The molecule has 1 amide bonds. The number of para-hydroxylation sites is 2. The predicted molar refractivity (Wildman–Crippen MR) is 149 cm³/mol. The number of amides is 1. The number of nitrogens with zero attached hydrogens (tertiary/aromatic N) is 3. The van der Waals surface area contributed by atoms with Crippen molar-refractivity contribution in [2.45, 2.75) is 25.7 Å². The van der Waals surface area contributed by atoms with Crippen LogP contribution in [0.1, 0.15) is 24.0 Å². The van der Waals surface area contributed by atoms with Gasteiger partial charge in [-0.15, -0.1) is 0 Å². The maximum absolute atomic E-state index is 13.2. The molecule has 1 heterocycles. The molecule has 1 fully saturated rings. The van der Waals surface area contributed by atoms with Gasteiger partial charge in [-0.05, 0) is 55.1 Å². The second-order valence-corrected chi connectivity index (χ2v) is 9.45. The molecule has 190 valence electrons. The molecule has 1 aliphatic rings. The summed E-state index contributed by atoms with van der Waals surface area (Å²) in [6.45, 7) is 6.72. The van der Waals surface area contributed by atoms with Crippen LogP contribution in [0, 0.1) is 0 Å². The summed E-state index contributed by atoms with van der Waals surface area (Å²) < 4.78 is 5.25. The molecule has 4 rings (SSSR count). The monoisotopic (exact) mass is 485 g/mol. The van der Waals surface area contributed by atoms with Gasteiger partial charge in [-0.2, -0.15) is 0 Å². The number of hydrogen-bond donors (Lipinski definition) is 0. The van der Waals surface area contributed by atoms with Crippen LogP contribution in [0.3, 0.4) is 0 Å². The third kappa shape index (κ3) is 7.42. The first-order valence-corrected chi connectivity index (χ1v) is 13.2. The van der Waals surface area contributed by atoms with Crippen LogP contribution in [0.25, 0.3) is 0 Å². The van der Waals surface area contributed by atoms with Crippen LogP contribution in [0.5, 0.6) is 0 Å². The van der Waals surface area contributed by atoms with E-state index in [1.54, 1.807) is 7.11 Å².